The molecule has 4 heteroatoms. The Morgan fingerprint density at radius 1 is 1.46 bits per heavy atom. The Balaban J connectivity index is 3.98. The van der Waals surface area contributed by atoms with E-state index < -0.39 is 0 Å². The number of rotatable bonds is 6. The molecule has 0 N–H and O–H groups in total. The number of carbonyl (C=O) groups is 1. The average Bonchev–Trinajstić information content (AvgIpc) is 2.17. The van der Waals surface area contributed by atoms with Crippen molar-refractivity contribution in [1.29, 1.82) is 0 Å². The van der Waals surface area contributed by atoms with Crippen molar-refractivity contribution in [2.75, 3.05) is 33.9 Å². The highest BCUT2D eigenvalue weighted by Crippen LogP contribution is 1.97. The summed E-state index contributed by atoms with van der Waals surface area (Å²) in [6.07, 6.45) is -0.364. The van der Waals surface area contributed by atoms with Crippen LogP contribution in [0.5, 0.6) is 0 Å². The lowest BCUT2D eigenvalue weighted by atomic mass is 10.3. The van der Waals surface area contributed by atoms with Crippen LogP contribution in [-0.2, 0) is 14.3 Å². The Morgan fingerprint density at radius 2 is 2.08 bits per heavy atom. The minimum Gasteiger partial charge on any atom is -0.383 e. The van der Waals surface area contributed by atoms with Crippen molar-refractivity contribution in [3.63, 3.8) is 0 Å². The first-order chi connectivity index (χ1) is 6.17. The first-order valence-electron chi connectivity index (χ1n) is 4.47. The molecule has 0 rings (SSSR count). The lowest BCUT2D eigenvalue weighted by molar-refractivity contribution is -0.141. The molecule has 13 heavy (non-hydrogen) atoms. The summed E-state index contributed by atoms with van der Waals surface area (Å²) in [5, 5.41) is 0. The Kier molecular flexibility index (Phi) is 6.54. The second-order valence-corrected chi connectivity index (χ2v) is 2.79. The van der Waals surface area contributed by atoms with E-state index in [2.05, 4.69) is 0 Å². The molecule has 0 bridgehead atoms. The normalized spacial score (nSPS) is 12.6. The molecule has 0 aromatic carbocycles. The van der Waals surface area contributed by atoms with E-state index in [1.165, 1.54) is 7.11 Å². The fourth-order valence-corrected chi connectivity index (χ4v) is 0.984. The average molecular weight is 189 g/mol. The van der Waals surface area contributed by atoms with Crippen molar-refractivity contribution in [3.05, 3.63) is 0 Å². The number of hydrogen-bond donors (Lipinski definition) is 0. The van der Waals surface area contributed by atoms with Gasteiger partial charge in [-0.1, -0.05) is 0 Å². The second kappa shape index (κ2) is 6.86. The third kappa shape index (κ3) is 4.24. The van der Waals surface area contributed by atoms with Crippen molar-refractivity contribution < 1.29 is 14.3 Å². The molecular formula is C9H19NO3. The first-order valence-corrected chi connectivity index (χ1v) is 4.47. The highest BCUT2D eigenvalue weighted by Gasteiger charge is 2.17. The van der Waals surface area contributed by atoms with E-state index in [1.54, 1.807) is 18.9 Å². The van der Waals surface area contributed by atoms with Crippen LogP contribution in [0.2, 0.25) is 0 Å². The molecule has 1 unspecified atom stereocenters. The summed E-state index contributed by atoms with van der Waals surface area (Å²) in [6, 6.07) is 0. The van der Waals surface area contributed by atoms with Gasteiger partial charge in [-0.3, -0.25) is 4.79 Å². The van der Waals surface area contributed by atoms with Crippen LogP contribution in [0.4, 0.5) is 0 Å². The Bertz CT molecular complexity index is 150. The van der Waals surface area contributed by atoms with Gasteiger partial charge < -0.3 is 14.4 Å². The van der Waals surface area contributed by atoms with Gasteiger partial charge in [0.2, 0.25) is 0 Å². The van der Waals surface area contributed by atoms with Crippen molar-refractivity contribution in [2.24, 2.45) is 0 Å². The van der Waals surface area contributed by atoms with Gasteiger partial charge >= 0.3 is 0 Å². The van der Waals surface area contributed by atoms with Gasteiger partial charge in [0.1, 0.15) is 6.10 Å². The van der Waals surface area contributed by atoms with Crippen molar-refractivity contribution in [2.45, 2.75) is 20.0 Å². The van der Waals surface area contributed by atoms with Gasteiger partial charge in [0.15, 0.2) is 0 Å². The lowest BCUT2D eigenvalue weighted by Gasteiger charge is -2.23. The zero-order valence-electron chi connectivity index (χ0n) is 8.87. The second-order valence-electron chi connectivity index (χ2n) is 2.79. The highest BCUT2D eigenvalue weighted by atomic mass is 16.5. The molecule has 0 radical (unpaired) electrons. The molecule has 0 aliphatic rings. The fraction of sp³-hybridized carbons (Fsp3) is 0.889. The number of methoxy groups -OCH3 is 2. The third-order valence-electron chi connectivity index (χ3n) is 1.96. The van der Waals surface area contributed by atoms with Gasteiger partial charge in [0.25, 0.3) is 5.91 Å². The fourth-order valence-electron chi connectivity index (χ4n) is 0.984. The monoisotopic (exact) mass is 189 g/mol. The predicted octanol–water partition coefficient (Wildman–Crippen LogP) is 0.516. The van der Waals surface area contributed by atoms with Gasteiger partial charge in [-0.05, 0) is 13.8 Å². The molecule has 0 heterocycles. The Hall–Kier alpha value is -0.610. The number of ether oxygens (including phenoxy) is 2. The molecule has 0 aliphatic carbocycles. The molecular weight excluding hydrogens is 170 g/mol. The van der Waals surface area contributed by atoms with Gasteiger partial charge in [-0.25, -0.2) is 0 Å². The van der Waals surface area contributed by atoms with Crippen LogP contribution in [0.1, 0.15) is 13.8 Å². The summed E-state index contributed by atoms with van der Waals surface area (Å²) in [5.41, 5.74) is 0. The van der Waals surface area contributed by atoms with Crippen LogP contribution in [0.15, 0.2) is 0 Å². The molecule has 78 valence electrons. The minimum atomic E-state index is -0.364. The van der Waals surface area contributed by atoms with E-state index in [0.29, 0.717) is 19.7 Å². The quantitative estimate of drug-likeness (QED) is 0.611. The molecule has 4 nitrogen and oxygen atoms in total. The van der Waals surface area contributed by atoms with Crippen molar-refractivity contribution >= 4 is 5.91 Å². The number of carbonyl (C=O) groups excluding carboxylic acids is 1. The maximum absolute atomic E-state index is 11.6. The van der Waals surface area contributed by atoms with E-state index in [0.717, 1.165) is 0 Å². The smallest absolute Gasteiger partial charge is 0.251 e. The van der Waals surface area contributed by atoms with Gasteiger partial charge in [0, 0.05) is 27.3 Å². The topological polar surface area (TPSA) is 38.8 Å². The number of hydrogen-bond acceptors (Lipinski definition) is 3. The molecule has 1 amide bonds. The van der Waals surface area contributed by atoms with Crippen LogP contribution in [0, 0.1) is 0 Å². The lowest BCUT2D eigenvalue weighted by Crippen LogP contribution is -2.40. The first kappa shape index (κ1) is 12.4. The molecule has 0 aromatic rings. The van der Waals surface area contributed by atoms with Crippen LogP contribution in [0.25, 0.3) is 0 Å². The Labute approximate surface area is 79.8 Å². The SMILES string of the molecule is CCN(CCOC)C(=O)C(C)OC. The zero-order chi connectivity index (χ0) is 10.3. The molecule has 0 aliphatic heterocycles. The van der Waals surface area contributed by atoms with Crippen molar-refractivity contribution in [3.8, 4) is 0 Å². The number of nitrogens with zero attached hydrogens (tertiary/aromatic N) is 1. The molecule has 0 saturated heterocycles. The van der Waals surface area contributed by atoms with Gasteiger partial charge in [-0.2, -0.15) is 0 Å². The maximum atomic E-state index is 11.6. The predicted molar refractivity (Wildman–Crippen MR) is 50.6 cm³/mol. The van der Waals surface area contributed by atoms with Crippen LogP contribution < -0.4 is 0 Å². The summed E-state index contributed by atoms with van der Waals surface area (Å²) in [4.78, 5) is 13.3. The molecule has 0 aromatic heterocycles. The Morgan fingerprint density at radius 3 is 2.46 bits per heavy atom. The maximum Gasteiger partial charge on any atom is 0.251 e. The molecule has 0 fully saturated rings. The summed E-state index contributed by atoms with van der Waals surface area (Å²) in [5.74, 6) is 0.0158. The largest absolute Gasteiger partial charge is 0.383 e. The van der Waals surface area contributed by atoms with E-state index >= 15 is 0 Å². The van der Waals surface area contributed by atoms with Gasteiger partial charge in [-0.15, -0.1) is 0 Å². The minimum absolute atomic E-state index is 0.0158. The summed E-state index contributed by atoms with van der Waals surface area (Å²) in [6.45, 7) is 5.57. The van der Waals surface area contributed by atoms with Crippen molar-refractivity contribution in [1.82, 2.24) is 4.90 Å². The molecule has 1 atom stereocenters. The van der Waals surface area contributed by atoms with Crippen LogP contribution >= 0.6 is 0 Å². The number of likely N-dealkylation sites (N-methyl/N-ethyl adjacent to an activating group) is 1. The van der Waals surface area contributed by atoms with E-state index in [1.807, 2.05) is 6.92 Å². The zero-order valence-corrected chi connectivity index (χ0v) is 8.87. The standard InChI is InChI=1S/C9H19NO3/c1-5-10(6-7-12-3)9(11)8(2)13-4/h8H,5-7H2,1-4H3. The molecule has 0 spiro atoms. The van der Waals surface area contributed by atoms with Gasteiger partial charge in [0.05, 0.1) is 6.61 Å². The highest BCUT2D eigenvalue weighted by molar-refractivity contribution is 5.80. The third-order valence-corrected chi connectivity index (χ3v) is 1.96. The summed E-state index contributed by atoms with van der Waals surface area (Å²) in [7, 11) is 3.16. The summed E-state index contributed by atoms with van der Waals surface area (Å²) >= 11 is 0. The molecule has 0 saturated carbocycles. The van der Waals surface area contributed by atoms with Crippen LogP contribution in [-0.4, -0.2) is 50.8 Å². The van der Waals surface area contributed by atoms with E-state index in [9.17, 15) is 4.79 Å². The van der Waals surface area contributed by atoms with E-state index in [-0.39, 0.29) is 12.0 Å². The summed E-state index contributed by atoms with van der Waals surface area (Å²) < 4.78 is 9.85. The van der Waals surface area contributed by atoms with E-state index in [4.69, 9.17) is 9.47 Å². The van der Waals surface area contributed by atoms with Crippen LogP contribution in [0.3, 0.4) is 0 Å². The number of amides is 1.